The maximum Gasteiger partial charge on any atom is 0.164 e. The average molecular weight is 831 g/mol. The fraction of sp³-hybridized carbons (Fsp3) is 0.0702. The van der Waals surface area contributed by atoms with Crippen LogP contribution in [0.1, 0.15) is 46.7 Å². The summed E-state index contributed by atoms with van der Waals surface area (Å²) in [5.74, 6) is 1.81. The lowest BCUT2D eigenvalue weighted by atomic mass is 9.68. The quantitative estimate of drug-likeness (QED) is 0.152. The number of fused-ring (bicyclic) bond motifs is 4. The van der Waals surface area contributed by atoms with Crippen LogP contribution in [-0.4, -0.2) is 15.0 Å². The second-order valence-electron chi connectivity index (χ2n) is 16.5. The number of quaternary nitrogens is 1. The number of benzene rings is 8. The van der Waals surface area contributed by atoms with Gasteiger partial charge < -0.3 is 11.1 Å². The predicted molar refractivity (Wildman–Crippen MR) is 261 cm³/mol. The molecule has 63 heavy (non-hydrogen) atoms. The van der Waals surface area contributed by atoms with Crippen LogP contribution in [0, 0.1) is 0 Å². The molecule has 5 nitrogen and oxygen atoms in total. The van der Waals surface area contributed by atoms with E-state index in [1.807, 2.05) is 29.5 Å². The molecular weight excluding hydrogens is 787 g/mol. The molecule has 4 N–H and O–H groups in total. The molecule has 3 heterocycles. The zero-order chi connectivity index (χ0) is 42.3. The lowest BCUT2D eigenvalue weighted by Gasteiger charge is -2.45. The minimum atomic E-state index is -0.522. The van der Waals surface area contributed by atoms with Gasteiger partial charge in [-0.2, -0.15) is 0 Å². The van der Waals surface area contributed by atoms with E-state index >= 15 is 0 Å². The molecule has 3 atom stereocenters. The summed E-state index contributed by atoms with van der Waals surface area (Å²) >= 11 is 1.83. The fourth-order valence-electron chi connectivity index (χ4n) is 9.54. The lowest BCUT2D eigenvalue weighted by molar-refractivity contribution is -0.436. The largest absolute Gasteiger partial charge is 0.374 e. The van der Waals surface area contributed by atoms with Crippen molar-refractivity contribution in [1.82, 2.24) is 20.3 Å². The molecule has 8 aromatic carbocycles. The Labute approximate surface area is 371 Å². The van der Waals surface area contributed by atoms with E-state index < -0.39 is 5.54 Å². The van der Waals surface area contributed by atoms with Gasteiger partial charge in [-0.05, 0) is 64.6 Å². The molecule has 1 aliphatic rings. The van der Waals surface area contributed by atoms with E-state index in [0.29, 0.717) is 17.5 Å². The number of thiophene rings is 1. The first-order chi connectivity index (χ1) is 31.0. The molecule has 0 saturated carbocycles. The monoisotopic (exact) mass is 830 g/mol. The third kappa shape index (κ3) is 7.09. The zero-order valence-corrected chi connectivity index (χ0v) is 35.6. The third-order valence-electron chi connectivity index (χ3n) is 12.6. The van der Waals surface area contributed by atoms with Crippen LogP contribution in [-0.2, 0) is 5.54 Å². The van der Waals surface area contributed by atoms with E-state index in [4.69, 9.17) is 20.7 Å². The first-order valence-corrected chi connectivity index (χ1v) is 22.3. The lowest BCUT2D eigenvalue weighted by Crippen LogP contribution is -2.62. The van der Waals surface area contributed by atoms with Crippen molar-refractivity contribution in [2.45, 2.75) is 24.4 Å². The summed E-state index contributed by atoms with van der Waals surface area (Å²) in [6.45, 7) is 2.33. The second kappa shape index (κ2) is 16.1. The van der Waals surface area contributed by atoms with Gasteiger partial charge in [-0.1, -0.05) is 188 Å². The molecule has 1 aliphatic heterocycles. The molecule has 0 radical (unpaired) electrons. The van der Waals surface area contributed by atoms with Gasteiger partial charge in [0.05, 0.1) is 11.5 Å². The Hall–Kier alpha value is -7.51. The number of hydrogen-bond acceptors (Lipinski definition) is 5. The van der Waals surface area contributed by atoms with E-state index in [9.17, 15) is 0 Å². The Balaban J connectivity index is 1.02. The molecule has 0 spiro atoms. The fourth-order valence-corrected chi connectivity index (χ4v) is 10.7. The summed E-state index contributed by atoms with van der Waals surface area (Å²) < 4.78 is 2.56. The van der Waals surface area contributed by atoms with Crippen molar-refractivity contribution in [3.63, 3.8) is 0 Å². The van der Waals surface area contributed by atoms with Crippen molar-refractivity contribution < 1.29 is 5.73 Å². The highest BCUT2D eigenvalue weighted by atomic mass is 32.1. The van der Waals surface area contributed by atoms with Crippen LogP contribution >= 0.6 is 11.3 Å². The van der Waals surface area contributed by atoms with Crippen molar-refractivity contribution in [2.75, 3.05) is 0 Å². The molecular formula is C57H44N5S+. The third-order valence-corrected chi connectivity index (χ3v) is 13.7. The Kier molecular flexibility index (Phi) is 9.80. The van der Waals surface area contributed by atoms with Crippen LogP contribution in [0.3, 0.4) is 0 Å². The van der Waals surface area contributed by atoms with Crippen LogP contribution in [0.15, 0.2) is 206 Å². The van der Waals surface area contributed by atoms with E-state index in [1.165, 1.54) is 48.0 Å². The summed E-state index contributed by atoms with van der Waals surface area (Å²) in [5.41, 5.74) is 16.5. The summed E-state index contributed by atoms with van der Waals surface area (Å²) in [5, 5.41) is 6.62. The van der Waals surface area contributed by atoms with E-state index in [2.05, 4.69) is 206 Å². The Morgan fingerprint density at radius 3 is 1.79 bits per heavy atom. The highest BCUT2D eigenvalue weighted by Gasteiger charge is 2.46. The van der Waals surface area contributed by atoms with Crippen LogP contribution in [0.4, 0.5) is 0 Å². The predicted octanol–water partition coefficient (Wildman–Crippen LogP) is 13.0. The highest BCUT2D eigenvalue weighted by molar-refractivity contribution is 7.25. The van der Waals surface area contributed by atoms with Crippen LogP contribution in [0.5, 0.6) is 0 Å². The molecule has 6 heteroatoms. The zero-order valence-electron chi connectivity index (χ0n) is 34.8. The summed E-state index contributed by atoms with van der Waals surface area (Å²) in [4.78, 5) is 15.5. The van der Waals surface area contributed by atoms with Crippen molar-refractivity contribution in [3.05, 3.63) is 234 Å². The molecule has 0 aliphatic carbocycles. The van der Waals surface area contributed by atoms with Gasteiger partial charge in [0.1, 0.15) is 6.04 Å². The van der Waals surface area contributed by atoms with Crippen molar-refractivity contribution in [1.29, 1.82) is 0 Å². The summed E-state index contributed by atoms with van der Waals surface area (Å²) in [6.07, 6.45) is 2.27. The molecule has 10 aromatic rings. The summed E-state index contributed by atoms with van der Waals surface area (Å²) in [6, 6.07) is 72.8. The van der Waals surface area contributed by atoms with Gasteiger partial charge in [0, 0.05) is 48.1 Å². The van der Waals surface area contributed by atoms with Crippen LogP contribution < -0.4 is 11.1 Å². The number of hydrogen-bond donors (Lipinski definition) is 2. The maximum absolute atomic E-state index is 5.22. The van der Waals surface area contributed by atoms with Crippen LogP contribution in [0.2, 0.25) is 0 Å². The van der Waals surface area contributed by atoms with Crippen molar-refractivity contribution >= 4 is 43.3 Å². The minimum absolute atomic E-state index is 0.0659. The molecule has 11 rings (SSSR count). The molecule has 0 fully saturated rings. The first kappa shape index (κ1) is 38.4. The van der Waals surface area contributed by atoms with Crippen LogP contribution in [0.25, 0.3) is 77.2 Å². The van der Waals surface area contributed by atoms with E-state index in [1.54, 1.807) is 0 Å². The number of nitrogens with zero attached hydrogens (tertiary/aromatic N) is 3. The average Bonchev–Trinajstić information content (AvgIpc) is 3.74. The normalized spacial score (nSPS) is 15.6. The van der Waals surface area contributed by atoms with Gasteiger partial charge in [0.25, 0.3) is 0 Å². The first-order valence-electron chi connectivity index (χ1n) is 21.5. The Bertz CT molecular complexity index is 3290. The topological polar surface area (TPSA) is 78.3 Å². The highest BCUT2D eigenvalue weighted by Crippen LogP contribution is 2.48. The maximum atomic E-state index is 5.22. The van der Waals surface area contributed by atoms with Gasteiger partial charge in [-0.15, -0.1) is 11.3 Å². The molecule has 0 saturated heterocycles. The summed E-state index contributed by atoms with van der Waals surface area (Å²) in [7, 11) is 0. The van der Waals surface area contributed by atoms with Gasteiger partial charge in [0.2, 0.25) is 0 Å². The number of nitrogens with one attached hydrogen (secondary N) is 1. The smallest absolute Gasteiger partial charge is 0.164 e. The van der Waals surface area contributed by atoms with Gasteiger partial charge in [-0.25, -0.2) is 15.0 Å². The van der Waals surface area contributed by atoms with Gasteiger partial charge in [0.15, 0.2) is 17.5 Å². The Morgan fingerprint density at radius 2 is 1.05 bits per heavy atom. The van der Waals surface area contributed by atoms with E-state index in [-0.39, 0.29) is 12.0 Å². The number of rotatable bonds is 9. The SMILES string of the molecule is CC1(C(c2ccc(-c3nc(-c4ccccc4)nc(-c4cccc(-c5cccc6sc7ccccc7c56)c4)n3)cc2)C([NH3+])c2ccccc2)NC(c2ccccc2)=Cc2ccccc21. The molecule has 3 unspecified atom stereocenters. The molecule has 302 valence electrons. The van der Waals surface area contributed by atoms with E-state index in [0.717, 1.165) is 33.5 Å². The van der Waals surface area contributed by atoms with Crippen molar-refractivity contribution in [3.8, 4) is 45.3 Å². The number of aromatic nitrogens is 3. The Morgan fingerprint density at radius 1 is 0.492 bits per heavy atom. The van der Waals surface area contributed by atoms with Gasteiger partial charge >= 0.3 is 0 Å². The molecule has 2 aromatic heterocycles. The van der Waals surface area contributed by atoms with Gasteiger partial charge in [-0.3, -0.25) is 0 Å². The van der Waals surface area contributed by atoms with Crippen molar-refractivity contribution in [2.24, 2.45) is 0 Å². The molecule has 0 bridgehead atoms. The second-order valence-corrected chi connectivity index (χ2v) is 17.6. The molecule has 0 amide bonds. The minimum Gasteiger partial charge on any atom is -0.374 e. The standard InChI is InChI=1S/C57H43N5S/c1-57(47-28-13-11-23-43(47)36-48(62-57)37-17-5-2-6-18-37)52(53(58)39-19-7-3-8-20-39)38-31-33-41(34-32-38)55-59-54(40-21-9-4-10-22-40)60-56(61-55)44-25-15-24-42(35-44)45-27-16-30-50-51(45)46-26-12-14-29-49(46)63-50/h2-36,52-53,62H,58H2,1H3/p+1.